The molecule has 19 heavy (non-hydrogen) atoms. The third-order valence-electron chi connectivity index (χ3n) is 3.84. The van der Waals surface area contributed by atoms with Crippen LogP contribution < -0.4 is 11.1 Å². The van der Waals surface area contributed by atoms with Crippen LogP contribution in [0.3, 0.4) is 0 Å². The van der Waals surface area contributed by atoms with Gasteiger partial charge in [0.1, 0.15) is 0 Å². The fraction of sp³-hybridized carbons (Fsp3) is 0.400. The average molecular weight is 257 g/mol. The first-order valence-electron chi connectivity index (χ1n) is 6.70. The first-order valence-corrected chi connectivity index (χ1v) is 6.70. The van der Waals surface area contributed by atoms with Crippen molar-refractivity contribution in [1.29, 1.82) is 0 Å². The van der Waals surface area contributed by atoms with Crippen LogP contribution in [0.25, 0.3) is 10.9 Å². The summed E-state index contributed by atoms with van der Waals surface area (Å²) in [6.45, 7) is 0. The lowest BCUT2D eigenvalue weighted by molar-refractivity contribution is 0.108. The van der Waals surface area contributed by atoms with Crippen LogP contribution in [0.15, 0.2) is 30.5 Å². The molecule has 2 unspecified atom stereocenters. The number of nitrogens with two attached hydrogens (primary N) is 1. The summed E-state index contributed by atoms with van der Waals surface area (Å²) in [5, 5.41) is 4.73. The van der Waals surface area contributed by atoms with Gasteiger partial charge in [0.25, 0.3) is 0 Å². The molecule has 1 saturated carbocycles. The largest absolute Gasteiger partial charge is 0.399 e. The molecule has 0 radical (unpaired) electrons. The Kier molecular flexibility index (Phi) is 3.25. The van der Waals surface area contributed by atoms with Gasteiger partial charge >= 0.3 is 0 Å². The molecule has 3 rings (SSSR count). The molecule has 1 aromatic heterocycles. The molecule has 4 nitrogen and oxygen atoms in total. The zero-order chi connectivity index (χ0) is 13.2. The number of hydrogen-bond acceptors (Lipinski definition) is 4. The molecule has 1 aliphatic rings. The van der Waals surface area contributed by atoms with E-state index >= 15 is 0 Å². The van der Waals surface area contributed by atoms with Crippen molar-refractivity contribution >= 4 is 22.3 Å². The summed E-state index contributed by atoms with van der Waals surface area (Å²) in [5.74, 6) is 0. The summed E-state index contributed by atoms with van der Waals surface area (Å²) in [6, 6.07) is 8.36. The van der Waals surface area contributed by atoms with Gasteiger partial charge in [0.2, 0.25) is 0 Å². The molecule has 0 saturated heterocycles. The Hall–Kier alpha value is -1.81. The van der Waals surface area contributed by atoms with Crippen molar-refractivity contribution in [3.8, 4) is 0 Å². The Labute approximate surface area is 113 Å². The number of fused-ring (bicyclic) bond motifs is 1. The number of nitrogens with zero attached hydrogens (tertiary/aromatic N) is 1. The number of pyridine rings is 1. The number of methoxy groups -OCH3 is 1. The maximum Gasteiger partial charge on any atom is 0.0743 e. The van der Waals surface area contributed by atoms with Crippen molar-refractivity contribution < 1.29 is 4.74 Å². The summed E-state index contributed by atoms with van der Waals surface area (Å²) in [5.41, 5.74) is 8.61. The SMILES string of the molecule is COC1CCC(Nc2ccnc3cc(N)ccc23)C1. The van der Waals surface area contributed by atoms with Gasteiger partial charge in [0.15, 0.2) is 0 Å². The molecular formula is C15H19N3O. The first kappa shape index (κ1) is 12.2. The average Bonchev–Trinajstić information content (AvgIpc) is 2.86. The van der Waals surface area contributed by atoms with Gasteiger partial charge in [0, 0.05) is 36.1 Å². The van der Waals surface area contributed by atoms with Gasteiger partial charge < -0.3 is 15.8 Å². The summed E-state index contributed by atoms with van der Waals surface area (Å²) in [4.78, 5) is 4.36. The van der Waals surface area contributed by atoms with Crippen LogP contribution in [0.4, 0.5) is 11.4 Å². The first-order chi connectivity index (χ1) is 9.26. The van der Waals surface area contributed by atoms with E-state index < -0.39 is 0 Å². The van der Waals surface area contributed by atoms with E-state index in [0.29, 0.717) is 12.1 Å². The molecule has 4 heteroatoms. The zero-order valence-electron chi connectivity index (χ0n) is 11.1. The second-order valence-corrected chi connectivity index (χ2v) is 5.15. The minimum atomic E-state index is 0.390. The Bertz CT molecular complexity index is 585. The molecule has 0 amide bonds. The minimum absolute atomic E-state index is 0.390. The van der Waals surface area contributed by atoms with Crippen molar-refractivity contribution in [2.75, 3.05) is 18.2 Å². The molecule has 2 aromatic rings. The number of benzene rings is 1. The number of ether oxygens (including phenoxy) is 1. The van der Waals surface area contributed by atoms with E-state index in [0.717, 1.165) is 41.5 Å². The highest BCUT2D eigenvalue weighted by Crippen LogP contribution is 2.28. The third kappa shape index (κ3) is 2.49. The van der Waals surface area contributed by atoms with Gasteiger partial charge in [-0.25, -0.2) is 0 Å². The summed E-state index contributed by atoms with van der Waals surface area (Å²) >= 11 is 0. The van der Waals surface area contributed by atoms with E-state index in [1.165, 1.54) is 0 Å². The standard InChI is InChI=1S/C15H19N3O/c1-19-12-4-3-11(9-12)18-14-6-7-17-15-8-10(16)2-5-13(14)15/h2,5-8,11-12H,3-4,9,16H2,1H3,(H,17,18). The highest BCUT2D eigenvalue weighted by Gasteiger charge is 2.24. The number of aromatic nitrogens is 1. The van der Waals surface area contributed by atoms with Crippen LogP contribution in [0.5, 0.6) is 0 Å². The molecule has 1 aromatic carbocycles. The van der Waals surface area contributed by atoms with E-state index in [2.05, 4.69) is 10.3 Å². The molecule has 1 fully saturated rings. The van der Waals surface area contributed by atoms with E-state index in [9.17, 15) is 0 Å². The maximum atomic E-state index is 5.80. The highest BCUT2D eigenvalue weighted by atomic mass is 16.5. The van der Waals surface area contributed by atoms with Crippen molar-refractivity contribution in [3.05, 3.63) is 30.5 Å². The van der Waals surface area contributed by atoms with Crippen LogP contribution >= 0.6 is 0 Å². The Morgan fingerprint density at radius 3 is 3.00 bits per heavy atom. The van der Waals surface area contributed by atoms with Gasteiger partial charge in [-0.1, -0.05) is 0 Å². The molecule has 0 bridgehead atoms. The number of rotatable bonds is 3. The molecule has 0 spiro atoms. The number of hydrogen-bond donors (Lipinski definition) is 2. The second-order valence-electron chi connectivity index (χ2n) is 5.15. The summed E-state index contributed by atoms with van der Waals surface area (Å²) in [6.07, 6.45) is 5.56. The predicted octanol–water partition coefficient (Wildman–Crippen LogP) is 2.80. The quantitative estimate of drug-likeness (QED) is 0.830. The van der Waals surface area contributed by atoms with Gasteiger partial charge in [-0.3, -0.25) is 4.98 Å². The Balaban J connectivity index is 1.85. The van der Waals surface area contributed by atoms with Crippen LogP contribution in [0.2, 0.25) is 0 Å². The highest BCUT2D eigenvalue weighted by molar-refractivity contribution is 5.92. The fourth-order valence-corrected chi connectivity index (χ4v) is 2.80. The number of nitrogens with one attached hydrogen (secondary N) is 1. The van der Waals surface area contributed by atoms with Crippen LogP contribution in [0, 0.1) is 0 Å². The molecular weight excluding hydrogens is 238 g/mol. The summed E-state index contributed by atoms with van der Waals surface area (Å²) < 4.78 is 5.41. The monoisotopic (exact) mass is 257 g/mol. The van der Waals surface area contributed by atoms with Crippen LogP contribution in [0.1, 0.15) is 19.3 Å². The molecule has 3 N–H and O–H groups in total. The molecule has 0 aliphatic heterocycles. The lowest BCUT2D eigenvalue weighted by atomic mass is 10.1. The normalized spacial score (nSPS) is 22.8. The van der Waals surface area contributed by atoms with Gasteiger partial charge in [-0.2, -0.15) is 0 Å². The van der Waals surface area contributed by atoms with Crippen molar-refractivity contribution in [2.24, 2.45) is 0 Å². The molecule has 2 atom stereocenters. The maximum absolute atomic E-state index is 5.80. The topological polar surface area (TPSA) is 60.2 Å². The summed E-state index contributed by atoms with van der Waals surface area (Å²) in [7, 11) is 1.79. The number of nitrogen functional groups attached to an aromatic ring is 1. The van der Waals surface area contributed by atoms with Crippen LogP contribution in [-0.2, 0) is 4.74 Å². The lowest BCUT2D eigenvalue weighted by Gasteiger charge is -2.16. The number of anilines is 2. The van der Waals surface area contributed by atoms with Gasteiger partial charge in [-0.15, -0.1) is 0 Å². The van der Waals surface area contributed by atoms with E-state index in [4.69, 9.17) is 10.5 Å². The lowest BCUT2D eigenvalue weighted by Crippen LogP contribution is -2.17. The van der Waals surface area contributed by atoms with E-state index in [1.54, 1.807) is 7.11 Å². The van der Waals surface area contributed by atoms with E-state index in [1.807, 2.05) is 30.5 Å². The van der Waals surface area contributed by atoms with Crippen LogP contribution in [-0.4, -0.2) is 24.2 Å². The zero-order valence-corrected chi connectivity index (χ0v) is 11.1. The predicted molar refractivity (Wildman–Crippen MR) is 78.2 cm³/mol. The van der Waals surface area contributed by atoms with Crippen molar-refractivity contribution in [2.45, 2.75) is 31.4 Å². The smallest absolute Gasteiger partial charge is 0.0743 e. The van der Waals surface area contributed by atoms with E-state index in [-0.39, 0.29) is 0 Å². The second kappa shape index (κ2) is 5.05. The Morgan fingerprint density at radius 2 is 2.21 bits per heavy atom. The molecule has 100 valence electrons. The fourth-order valence-electron chi connectivity index (χ4n) is 2.80. The van der Waals surface area contributed by atoms with Gasteiger partial charge in [-0.05, 0) is 43.5 Å². The minimum Gasteiger partial charge on any atom is -0.399 e. The molecule has 1 aliphatic carbocycles. The molecule has 1 heterocycles. The van der Waals surface area contributed by atoms with Gasteiger partial charge in [0.05, 0.1) is 11.6 Å². The third-order valence-corrected chi connectivity index (χ3v) is 3.84. The van der Waals surface area contributed by atoms with Crippen molar-refractivity contribution in [1.82, 2.24) is 4.98 Å². The Morgan fingerprint density at radius 1 is 1.32 bits per heavy atom. The van der Waals surface area contributed by atoms with Crippen molar-refractivity contribution in [3.63, 3.8) is 0 Å².